The van der Waals surface area contributed by atoms with Crippen molar-refractivity contribution in [1.29, 1.82) is 0 Å². The summed E-state index contributed by atoms with van der Waals surface area (Å²) in [6.45, 7) is 22.8. The van der Waals surface area contributed by atoms with E-state index in [-0.39, 0.29) is 0 Å². The van der Waals surface area contributed by atoms with Gasteiger partial charge in [0.2, 0.25) is 0 Å². The fourth-order valence-corrected chi connectivity index (χ4v) is 6.67. The highest BCUT2D eigenvalue weighted by Crippen LogP contribution is 2.42. The van der Waals surface area contributed by atoms with Crippen LogP contribution < -0.4 is 0 Å². The molecule has 0 radical (unpaired) electrons. The third-order valence-corrected chi connectivity index (χ3v) is 9.98. The van der Waals surface area contributed by atoms with E-state index in [1.54, 1.807) is 0 Å². The lowest BCUT2D eigenvalue weighted by Crippen LogP contribution is -2.02. The fraction of sp³-hybridized carbons (Fsp3) is 0.316. The average Bonchev–Trinajstić information content (AvgIpc) is 3.60. The molecule has 0 unspecified atom stereocenters. The number of benzene rings is 3. The Labute approximate surface area is 230 Å². The zero-order valence-electron chi connectivity index (χ0n) is 25.0. The van der Waals surface area contributed by atoms with Crippen LogP contribution in [0.5, 0.6) is 0 Å². The average molecular weight is 499 g/mol. The van der Waals surface area contributed by atoms with Crippen LogP contribution in [0.4, 0.5) is 0 Å². The Bertz CT molecular complexity index is 1450. The summed E-state index contributed by atoms with van der Waals surface area (Å²) >= 11 is 0. The summed E-state index contributed by atoms with van der Waals surface area (Å²) in [6, 6.07) is 9.20. The smallest absolute Gasteiger partial charge is 0.00137 e. The predicted molar refractivity (Wildman–Crippen MR) is 168 cm³/mol. The maximum Gasteiger partial charge on any atom is -0.00137 e. The third-order valence-electron chi connectivity index (χ3n) is 9.98. The maximum absolute atomic E-state index is 2.40. The summed E-state index contributed by atoms with van der Waals surface area (Å²) in [5, 5.41) is 0. The molecule has 0 aromatic heterocycles. The van der Waals surface area contributed by atoms with Gasteiger partial charge in [-0.3, -0.25) is 0 Å². The molecular weight excluding hydrogens is 456 g/mol. The number of hydrogen-bond acceptors (Lipinski definition) is 0. The van der Waals surface area contributed by atoms with E-state index in [0.717, 1.165) is 12.8 Å². The van der Waals surface area contributed by atoms with Crippen LogP contribution in [-0.2, 0) is 0 Å². The van der Waals surface area contributed by atoms with Gasteiger partial charge in [-0.2, -0.15) is 0 Å². The minimum Gasteiger partial charge on any atom is -0.0611 e. The second-order valence-electron chi connectivity index (χ2n) is 11.7. The van der Waals surface area contributed by atoms with Gasteiger partial charge >= 0.3 is 0 Å². The molecule has 0 amide bonds. The van der Waals surface area contributed by atoms with Crippen molar-refractivity contribution in [2.75, 3.05) is 0 Å². The highest BCUT2D eigenvalue weighted by atomic mass is 14.3. The first-order valence-corrected chi connectivity index (χ1v) is 14.1. The molecule has 3 aromatic carbocycles. The quantitative estimate of drug-likeness (QED) is 0.335. The highest BCUT2D eigenvalue weighted by molar-refractivity contribution is 5.92. The highest BCUT2D eigenvalue weighted by Gasteiger charge is 2.22. The van der Waals surface area contributed by atoms with Crippen LogP contribution in [0, 0.1) is 69.2 Å². The molecule has 0 bridgehead atoms. The predicted octanol–water partition coefficient (Wildman–Crippen LogP) is 10.5. The van der Waals surface area contributed by atoms with Crippen molar-refractivity contribution in [3.63, 3.8) is 0 Å². The second-order valence-corrected chi connectivity index (χ2v) is 11.7. The van der Waals surface area contributed by atoms with Gasteiger partial charge in [0.1, 0.15) is 0 Å². The summed E-state index contributed by atoms with van der Waals surface area (Å²) < 4.78 is 0. The molecule has 3 aromatic rings. The summed E-state index contributed by atoms with van der Waals surface area (Å²) in [4.78, 5) is 0. The standard InChI is InChI=1S/C38H42/c1-21-23(3)27(7)37(28(8)24(21)4)35-16-14-33(19-35)31-12-11-13-32(18-31)34-15-17-36(20-34)38-29(9)25(5)22(2)26(6)30(38)10/h11-18H,19-20H2,1-10H3. The van der Waals surface area contributed by atoms with E-state index >= 15 is 0 Å². The topological polar surface area (TPSA) is 0 Å². The molecule has 0 saturated carbocycles. The van der Waals surface area contributed by atoms with Gasteiger partial charge in [0.05, 0.1) is 0 Å². The van der Waals surface area contributed by atoms with Crippen molar-refractivity contribution < 1.29 is 0 Å². The normalized spacial score (nSPS) is 15.0. The monoisotopic (exact) mass is 498 g/mol. The Morgan fingerprint density at radius 3 is 1.00 bits per heavy atom. The number of hydrogen-bond donors (Lipinski definition) is 0. The largest absolute Gasteiger partial charge is 0.0611 e. The maximum atomic E-state index is 2.40. The van der Waals surface area contributed by atoms with Gasteiger partial charge in [0.15, 0.2) is 0 Å². The number of allylic oxidation sites excluding steroid dienone is 8. The zero-order chi connectivity index (χ0) is 27.5. The molecule has 5 rings (SSSR count). The van der Waals surface area contributed by atoms with E-state index < -0.39 is 0 Å². The van der Waals surface area contributed by atoms with Crippen molar-refractivity contribution >= 4 is 22.3 Å². The molecule has 0 heteroatoms. The van der Waals surface area contributed by atoms with Crippen LogP contribution >= 0.6 is 0 Å². The van der Waals surface area contributed by atoms with Crippen molar-refractivity contribution in [1.82, 2.24) is 0 Å². The second kappa shape index (κ2) is 9.73. The van der Waals surface area contributed by atoms with Crippen LogP contribution in [0.3, 0.4) is 0 Å². The van der Waals surface area contributed by atoms with Crippen molar-refractivity contribution in [2.24, 2.45) is 0 Å². The van der Waals surface area contributed by atoms with E-state index in [1.165, 1.54) is 100 Å². The van der Waals surface area contributed by atoms with E-state index in [4.69, 9.17) is 0 Å². The Kier molecular flexibility index (Phi) is 6.72. The minimum atomic E-state index is 0.996. The molecule has 0 heterocycles. The summed E-state index contributed by atoms with van der Waals surface area (Å²) in [7, 11) is 0. The van der Waals surface area contributed by atoms with E-state index in [0.29, 0.717) is 0 Å². The van der Waals surface area contributed by atoms with E-state index in [9.17, 15) is 0 Å². The van der Waals surface area contributed by atoms with Crippen molar-refractivity contribution in [3.8, 4) is 0 Å². The molecule has 0 saturated heterocycles. The lowest BCUT2D eigenvalue weighted by atomic mass is 9.84. The molecule has 0 spiro atoms. The molecule has 2 aliphatic rings. The van der Waals surface area contributed by atoms with E-state index in [2.05, 4.69) is 118 Å². The van der Waals surface area contributed by atoms with Gasteiger partial charge in [0.25, 0.3) is 0 Å². The van der Waals surface area contributed by atoms with Gasteiger partial charge in [-0.25, -0.2) is 0 Å². The number of rotatable bonds is 4. The van der Waals surface area contributed by atoms with E-state index in [1.807, 2.05) is 0 Å². The lowest BCUT2D eigenvalue weighted by Gasteiger charge is -2.20. The SMILES string of the molecule is Cc1c(C)c(C)c(C2=CC=C(c3cccc(C4=CC=C(c5c(C)c(C)c(C)c(C)c5C)C4)c3)C2)c(C)c1C. The molecule has 38 heavy (non-hydrogen) atoms. The van der Waals surface area contributed by atoms with Crippen LogP contribution in [-0.4, -0.2) is 0 Å². The lowest BCUT2D eigenvalue weighted by molar-refractivity contribution is 1.15. The van der Waals surface area contributed by atoms with Crippen LogP contribution in [0.25, 0.3) is 22.3 Å². The first-order valence-electron chi connectivity index (χ1n) is 14.1. The van der Waals surface area contributed by atoms with Crippen molar-refractivity contribution in [2.45, 2.75) is 82.1 Å². The molecule has 0 N–H and O–H groups in total. The Morgan fingerprint density at radius 1 is 0.368 bits per heavy atom. The molecule has 0 fully saturated rings. The molecule has 194 valence electrons. The van der Waals surface area contributed by atoms with Gasteiger partial charge in [0, 0.05) is 0 Å². The molecular formula is C38H42. The molecule has 0 nitrogen and oxygen atoms in total. The van der Waals surface area contributed by atoms with Crippen molar-refractivity contribution in [3.05, 3.63) is 126 Å². The summed E-state index contributed by atoms with van der Waals surface area (Å²) in [6.07, 6.45) is 11.4. The molecule has 0 aliphatic heterocycles. The Hall–Kier alpha value is -3.38. The Morgan fingerprint density at radius 2 is 0.658 bits per heavy atom. The minimum absolute atomic E-state index is 0.996. The van der Waals surface area contributed by atoms with Crippen LogP contribution in [0.2, 0.25) is 0 Å². The van der Waals surface area contributed by atoms with Gasteiger partial charge in [-0.1, -0.05) is 42.5 Å². The molecule has 2 aliphatic carbocycles. The summed E-state index contributed by atoms with van der Waals surface area (Å²) in [5.74, 6) is 0. The third kappa shape index (κ3) is 4.15. The first-order chi connectivity index (χ1) is 18.0. The van der Waals surface area contributed by atoms with Gasteiger partial charge in [-0.15, -0.1) is 0 Å². The van der Waals surface area contributed by atoms with Crippen LogP contribution in [0.15, 0.2) is 48.6 Å². The molecule has 0 atom stereocenters. The van der Waals surface area contributed by atoms with Gasteiger partial charge in [-0.05, 0) is 188 Å². The van der Waals surface area contributed by atoms with Gasteiger partial charge < -0.3 is 0 Å². The zero-order valence-corrected chi connectivity index (χ0v) is 25.0. The van der Waals surface area contributed by atoms with Crippen LogP contribution in [0.1, 0.15) is 90.7 Å². The first kappa shape index (κ1) is 26.2. The summed E-state index contributed by atoms with van der Waals surface area (Å²) in [5.41, 5.74) is 25.6. The Balaban J connectivity index is 1.38. The fourth-order valence-electron chi connectivity index (χ4n) is 6.67.